The second-order valence-electron chi connectivity index (χ2n) is 16.2. The SMILES string of the molecule is c1ccc(-c2ccc(N(c3ccccc3)c3cccc(-n4c5cc6oc7ccccc7n(-c7ccccc7)c6cc5n5c6ccccc6c6cc7ccccc7c4c65)c3)cc2)cc1. The van der Waals surface area contributed by atoms with Gasteiger partial charge in [0.25, 0.3) is 0 Å². The highest BCUT2D eigenvalue weighted by Crippen LogP contribution is 2.44. The fraction of sp³-hybridized carbons (Fsp3) is 0. The molecule has 0 aliphatic heterocycles. The van der Waals surface area contributed by atoms with Gasteiger partial charge in [-0.05, 0) is 101 Å². The van der Waals surface area contributed by atoms with Gasteiger partial charge < -0.3 is 22.9 Å². The standard InChI is InChI=1S/C58H38N4O/c1-4-17-39(18-5-1)40-31-33-44(34-32-40)59(42-20-6-2-7-21-42)45-24-16-25-46(36-45)61-53-38-56-54(60(43-22-8-3-9-23-43)51-29-14-15-30-55(51)63-56)37-52(53)62-50-28-13-12-27-48(50)49-35-41-19-10-11-26-47(41)57(61)58(49)62/h1-38H. The largest absolute Gasteiger partial charge is 0.453 e. The van der Waals surface area contributed by atoms with E-state index in [9.17, 15) is 0 Å². The number of rotatable bonds is 6. The van der Waals surface area contributed by atoms with Crippen molar-refractivity contribution >= 4 is 88.4 Å². The van der Waals surface area contributed by atoms with Crippen LogP contribution in [0, 0.1) is 0 Å². The maximum atomic E-state index is 6.93. The van der Waals surface area contributed by atoms with Crippen molar-refractivity contribution in [3.63, 3.8) is 0 Å². The molecule has 5 nitrogen and oxygen atoms in total. The lowest BCUT2D eigenvalue weighted by atomic mass is 10.0. The van der Waals surface area contributed by atoms with E-state index in [4.69, 9.17) is 4.42 Å². The first-order valence-corrected chi connectivity index (χ1v) is 21.4. The van der Waals surface area contributed by atoms with Crippen molar-refractivity contribution in [2.75, 3.05) is 4.90 Å². The monoisotopic (exact) mass is 806 g/mol. The van der Waals surface area contributed by atoms with E-state index in [1.165, 1.54) is 38.2 Å². The lowest BCUT2D eigenvalue weighted by Gasteiger charge is -2.27. The summed E-state index contributed by atoms with van der Waals surface area (Å²) in [7, 11) is 0. The lowest BCUT2D eigenvalue weighted by molar-refractivity contribution is 0.653. The molecule has 0 bridgehead atoms. The first-order valence-electron chi connectivity index (χ1n) is 21.4. The van der Waals surface area contributed by atoms with Gasteiger partial charge in [0.15, 0.2) is 11.2 Å². The number of hydrogen-bond acceptors (Lipinski definition) is 2. The minimum atomic E-state index is 0.790. The van der Waals surface area contributed by atoms with Crippen molar-refractivity contribution in [2.45, 2.75) is 0 Å². The number of anilines is 3. The molecule has 0 radical (unpaired) electrons. The predicted octanol–water partition coefficient (Wildman–Crippen LogP) is 15.7. The molecule has 0 saturated carbocycles. The maximum Gasteiger partial charge on any atom is 0.153 e. The average molecular weight is 807 g/mol. The molecule has 0 fully saturated rings. The van der Waals surface area contributed by atoms with Gasteiger partial charge in [0.1, 0.15) is 0 Å². The van der Waals surface area contributed by atoms with Crippen molar-refractivity contribution in [2.24, 2.45) is 0 Å². The summed E-state index contributed by atoms with van der Waals surface area (Å²) in [6.45, 7) is 0. The van der Waals surface area contributed by atoms with Crippen LogP contribution in [0.15, 0.2) is 235 Å². The molecule has 296 valence electrons. The van der Waals surface area contributed by atoms with Crippen LogP contribution in [-0.2, 0) is 0 Å². The highest BCUT2D eigenvalue weighted by molar-refractivity contribution is 6.24. The number of fused-ring (bicyclic) bond motifs is 9. The highest BCUT2D eigenvalue weighted by atomic mass is 16.3. The molecule has 10 aromatic carbocycles. The zero-order valence-corrected chi connectivity index (χ0v) is 34.1. The van der Waals surface area contributed by atoms with Crippen molar-refractivity contribution in [1.29, 1.82) is 0 Å². The summed E-state index contributed by atoms with van der Waals surface area (Å²) in [5, 5.41) is 4.80. The molecule has 0 spiro atoms. The van der Waals surface area contributed by atoms with E-state index in [-0.39, 0.29) is 0 Å². The summed E-state index contributed by atoms with van der Waals surface area (Å²) < 4.78 is 14.2. The van der Waals surface area contributed by atoms with Crippen LogP contribution in [-0.4, -0.2) is 13.5 Å². The van der Waals surface area contributed by atoms with Crippen LogP contribution in [0.4, 0.5) is 17.1 Å². The molecule has 5 heteroatoms. The van der Waals surface area contributed by atoms with E-state index < -0.39 is 0 Å². The van der Waals surface area contributed by atoms with Crippen LogP contribution in [0.5, 0.6) is 0 Å². The predicted molar refractivity (Wildman–Crippen MR) is 262 cm³/mol. The number of hydrogen-bond donors (Lipinski definition) is 0. The van der Waals surface area contributed by atoms with Gasteiger partial charge in [0.2, 0.25) is 0 Å². The molecule has 0 N–H and O–H groups in total. The Labute approximate surface area is 362 Å². The summed E-state index contributed by atoms with van der Waals surface area (Å²) in [5.41, 5.74) is 16.9. The van der Waals surface area contributed by atoms with E-state index in [0.717, 1.165) is 72.7 Å². The third-order valence-corrected chi connectivity index (χ3v) is 12.6. The molecule has 13 aromatic rings. The van der Waals surface area contributed by atoms with Gasteiger partial charge in [-0.3, -0.25) is 0 Å². The summed E-state index contributed by atoms with van der Waals surface area (Å²) in [4.78, 5) is 2.35. The normalized spacial score (nSPS) is 11.8. The Bertz CT molecular complexity index is 3890. The van der Waals surface area contributed by atoms with Crippen LogP contribution in [0.25, 0.3) is 93.8 Å². The van der Waals surface area contributed by atoms with Gasteiger partial charge >= 0.3 is 0 Å². The van der Waals surface area contributed by atoms with E-state index in [1.54, 1.807) is 0 Å². The highest BCUT2D eigenvalue weighted by Gasteiger charge is 2.23. The van der Waals surface area contributed by atoms with Crippen molar-refractivity contribution in [3.05, 3.63) is 231 Å². The number of nitrogens with zero attached hydrogens (tertiary/aromatic N) is 4. The van der Waals surface area contributed by atoms with Gasteiger partial charge in [-0.25, -0.2) is 0 Å². The lowest BCUT2D eigenvalue weighted by Crippen LogP contribution is -2.11. The second-order valence-corrected chi connectivity index (χ2v) is 16.2. The van der Waals surface area contributed by atoms with Crippen molar-refractivity contribution in [3.8, 4) is 22.5 Å². The Morgan fingerprint density at radius 2 is 0.937 bits per heavy atom. The Morgan fingerprint density at radius 1 is 0.317 bits per heavy atom. The molecule has 13 rings (SSSR count). The van der Waals surface area contributed by atoms with Crippen LogP contribution in [0.3, 0.4) is 0 Å². The summed E-state index contributed by atoms with van der Waals surface area (Å²) in [6.07, 6.45) is 0. The molecular weight excluding hydrogens is 769 g/mol. The van der Waals surface area contributed by atoms with E-state index in [1.807, 2.05) is 6.07 Å². The molecule has 0 saturated heterocycles. The Hall–Kier alpha value is -8.54. The fourth-order valence-electron chi connectivity index (χ4n) is 9.85. The third-order valence-electron chi connectivity index (χ3n) is 12.6. The quantitative estimate of drug-likeness (QED) is 0.124. The van der Waals surface area contributed by atoms with Crippen LogP contribution in [0.1, 0.15) is 0 Å². The molecule has 0 aliphatic carbocycles. The average Bonchev–Trinajstić information content (AvgIpc) is 3.68. The zero-order valence-electron chi connectivity index (χ0n) is 34.1. The van der Waals surface area contributed by atoms with Gasteiger partial charge in [-0.1, -0.05) is 140 Å². The molecule has 0 unspecified atom stereocenters. The van der Waals surface area contributed by atoms with Crippen LogP contribution < -0.4 is 4.90 Å². The number of para-hydroxylation sites is 5. The molecule has 0 amide bonds. The minimum Gasteiger partial charge on any atom is -0.453 e. The van der Waals surface area contributed by atoms with Gasteiger partial charge in [0, 0.05) is 50.7 Å². The molecule has 0 atom stereocenters. The number of benzene rings is 10. The Morgan fingerprint density at radius 3 is 1.75 bits per heavy atom. The van der Waals surface area contributed by atoms with E-state index in [2.05, 4.69) is 243 Å². The minimum absolute atomic E-state index is 0.790. The smallest absolute Gasteiger partial charge is 0.153 e. The van der Waals surface area contributed by atoms with Crippen LogP contribution >= 0.6 is 0 Å². The first kappa shape index (κ1) is 35.2. The topological polar surface area (TPSA) is 30.7 Å². The van der Waals surface area contributed by atoms with E-state index >= 15 is 0 Å². The molecule has 3 aromatic heterocycles. The molecule has 63 heavy (non-hydrogen) atoms. The van der Waals surface area contributed by atoms with E-state index in [0.29, 0.717) is 0 Å². The Balaban J connectivity index is 1.15. The van der Waals surface area contributed by atoms with Crippen LogP contribution in [0.2, 0.25) is 0 Å². The summed E-state index contributed by atoms with van der Waals surface area (Å²) in [5.74, 6) is 0. The molecule has 3 heterocycles. The van der Waals surface area contributed by atoms with Crippen molar-refractivity contribution in [1.82, 2.24) is 13.5 Å². The van der Waals surface area contributed by atoms with Gasteiger partial charge in [-0.15, -0.1) is 0 Å². The first-order chi connectivity index (χ1) is 31.3. The Kier molecular flexibility index (Phi) is 7.84. The van der Waals surface area contributed by atoms with Gasteiger partial charge in [-0.2, -0.15) is 0 Å². The van der Waals surface area contributed by atoms with Gasteiger partial charge in [0.05, 0.1) is 38.6 Å². The molecular formula is C58H38N4O. The second kappa shape index (κ2) is 14.0. The number of aromatic nitrogens is 3. The zero-order chi connectivity index (χ0) is 41.4. The maximum absolute atomic E-state index is 6.93. The fourth-order valence-corrected chi connectivity index (χ4v) is 9.85. The summed E-state index contributed by atoms with van der Waals surface area (Å²) in [6, 6.07) is 82.6. The summed E-state index contributed by atoms with van der Waals surface area (Å²) >= 11 is 0. The van der Waals surface area contributed by atoms with Crippen molar-refractivity contribution < 1.29 is 4.42 Å². The third kappa shape index (κ3) is 5.50. The molecule has 0 aliphatic rings.